The van der Waals surface area contributed by atoms with Crippen molar-refractivity contribution in [3.8, 4) is 11.3 Å². The lowest BCUT2D eigenvalue weighted by Gasteiger charge is -2.36. The lowest BCUT2D eigenvalue weighted by Crippen LogP contribution is -2.54. The molecule has 342 valence electrons. The molecule has 3 aliphatic heterocycles. The van der Waals surface area contributed by atoms with Crippen molar-refractivity contribution in [3.63, 3.8) is 0 Å². The van der Waals surface area contributed by atoms with Gasteiger partial charge in [-0.1, -0.05) is 18.7 Å². The van der Waals surface area contributed by atoms with E-state index in [1.54, 1.807) is 24.3 Å². The molecule has 7 rings (SSSR count). The average Bonchev–Trinajstić information content (AvgIpc) is 3.72. The summed E-state index contributed by atoms with van der Waals surface area (Å²) < 4.78 is 37.2. The van der Waals surface area contributed by atoms with E-state index in [4.69, 9.17) is 14.6 Å². The Kier molecular flexibility index (Phi) is 15.6. The Balaban J connectivity index is 0.000000898. The van der Waals surface area contributed by atoms with E-state index in [2.05, 4.69) is 63.2 Å². The first-order chi connectivity index (χ1) is 30.5. The Labute approximate surface area is 367 Å². The number of morpholine rings is 1. The molecule has 5 N–H and O–H groups in total. The number of anilines is 2. The predicted molar refractivity (Wildman–Crippen MR) is 230 cm³/mol. The topological polar surface area (TPSA) is 218 Å². The SMILES string of the molecule is C=C(CN1CCN(C(=O)[C@@H](C)NC(C)=O)CC1)C(=O)N[C@@H]1CCCN(Cc2ccnc(C(=O)Nc3ccc(-c4cc5c(N6CCOCC6)ncnc5[nH]4)cc3)c2)C1.O=C(O)C(F)(F)F. The van der Waals surface area contributed by atoms with Crippen LogP contribution in [0.15, 0.2) is 67.1 Å². The molecular weight excluding hydrogens is 840 g/mol. The number of aromatic amines is 1. The lowest BCUT2D eigenvalue weighted by molar-refractivity contribution is -0.192. The van der Waals surface area contributed by atoms with Gasteiger partial charge >= 0.3 is 12.1 Å². The number of aromatic nitrogens is 4. The van der Waals surface area contributed by atoms with Gasteiger partial charge in [-0.2, -0.15) is 13.2 Å². The average molecular weight is 892 g/mol. The summed E-state index contributed by atoms with van der Waals surface area (Å²) in [5, 5.41) is 16.9. The Morgan fingerprint density at radius 3 is 2.33 bits per heavy atom. The first-order valence-corrected chi connectivity index (χ1v) is 20.9. The molecule has 4 amide bonds. The lowest BCUT2D eigenvalue weighted by atomic mass is 10.0. The number of carbonyl (C=O) groups excluding carboxylic acids is 4. The molecule has 2 atom stereocenters. The number of likely N-dealkylation sites (tertiary alicyclic amines) is 1. The third-order valence-corrected chi connectivity index (χ3v) is 10.9. The van der Waals surface area contributed by atoms with E-state index in [-0.39, 0.29) is 29.7 Å². The van der Waals surface area contributed by atoms with E-state index in [0.29, 0.717) is 76.0 Å². The van der Waals surface area contributed by atoms with Crippen LogP contribution in [0.4, 0.5) is 24.7 Å². The van der Waals surface area contributed by atoms with Crippen molar-refractivity contribution >= 4 is 52.1 Å². The number of rotatable bonds is 12. The summed E-state index contributed by atoms with van der Waals surface area (Å²) >= 11 is 0. The summed E-state index contributed by atoms with van der Waals surface area (Å²) in [5.41, 5.74) is 5.07. The number of aliphatic carboxylic acids is 1. The van der Waals surface area contributed by atoms with Gasteiger partial charge in [0.15, 0.2) is 0 Å². The third kappa shape index (κ3) is 12.8. The first kappa shape index (κ1) is 47.0. The van der Waals surface area contributed by atoms with Crippen molar-refractivity contribution in [1.82, 2.24) is 45.3 Å². The number of piperidine rings is 1. The molecule has 3 fully saturated rings. The van der Waals surface area contributed by atoms with Crippen molar-refractivity contribution in [2.45, 2.75) is 51.5 Å². The van der Waals surface area contributed by atoms with E-state index in [9.17, 15) is 32.3 Å². The minimum absolute atomic E-state index is 0.0237. The predicted octanol–water partition coefficient (Wildman–Crippen LogP) is 3.05. The summed E-state index contributed by atoms with van der Waals surface area (Å²) in [6.45, 7) is 15.0. The fourth-order valence-electron chi connectivity index (χ4n) is 7.71. The number of amides is 4. The second-order valence-corrected chi connectivity index (χ2v) is 15.8. The molecule has 0 aliphatic carbocycles. The van der Waals surface area contributed by atoms with E-state index >= 15 is 0 Å². The van der Waals surface area contributed by atoms with Crippen LogP contribution in [-0.4, -0.2) is 160 Å². The van der Waals surface area contributed by atoms with Crippen LogP contribution in [-0.2, 0) is 30.5 Å². The number of hydrogen-bond donors (Lipinski definition) is 5. The summed E-state index contributed by atoms with van der Waals surface area (Å²) in [4.78, 5) is 84.4. The smallest absolute Gasteiger partial charge is 0.475 e. The van der Waals surface area contributed by atoms with Crippen molar-refractivity contribution in [2.24, 2.45) is 0 Å². The van der Waals surface area contributed by atoms with Crippen LogP contribution in [0.25, 0.3) is 22.3 Å². The van der Waals surface area contributed by atoms with Crippen molar-refractivity contribution in [2.75, 3.05) is 82.3 Å². The van der Waals surface area contributed by atoms with Crippen LogP contribution >= 0.6 is 0 Å². The summed E-state index contributed by atoms with van der Waals surface area (Å²) in [7, 11) is 0. The van der Waals surface area contributed by atoms with E-state index in [1.165, 1.54) is 6.92 Å². The van der Waals surface area contributed by atoms with Gasteiger partial charge in [-0.3, -0.25) is 34.0 Å². The molecule has 3 saturated heterocycles. The molecule has 0 spiro atoms. The number of alkyl halides is 3. The molecule has 6 heterocycles. The fraction of sp³-hybridized carbons (Fsp3) is 0.442. The number of nitrogens with one attached hydrogen (secondary N) is 4. The summed E-state index contributed by atoms with van der Waals surface area (Å²) in [6.07, 6.45) is -0.0460. The molecule has 0 unspecified atom stereocenters. The number of carboxylic acids is 1. The maximum atomic E-state index is 13.3. The second kappa shape index (κ2) is 21.3. The maximum absolute atomic E-state index is 13.3. The molecule has 0 saturated carbocycles. The van der Waals surface area contributed by atoms with Gasteiger partial charge in [0.25, 0.3) is 5.91 Å². The molecular formula is C43H52F3N11O7. The zero-order chi connectivity index (χ0) is 46.0. The van der Waals surface area contributed by atoms with Gasteiger partial charge < -0.3 is 40.6 Å². The number of carbonyl (C=O) groups is 5. The Bertz CT molecular complexity index is 2310. The monoisotopic (exact) mass is 891 g/mol. The summed E-state index contributed by atoms with van der Waals surface area (Å²) in [6, 6.07) is 12.9. The molecule has 4 aromatic rings. The van der Waals surface area contributed by atoms with Gasteiger partial charge in [-0.25, -0.2) is 14.8 Å². The first-order valence-electron chi connectivity index (χ1n) is 20.9. The number of carboxylic acid groups (broad SMARTS) is 1. The van der Waals surface area contributed by atoms with E-state index in [0.717, 1.165) is 66.1 Å². The number of piperazine rings is 1. The van der Waals surface area contributed by atoms with Crippen molar-refractivity contribution in [1.29, 1.82) is 0 Å². The standard InChI is InChI=1S/C41H51N11O5.C2HF3O2/c1-27(23-49-13-15-52(16-14-49)41(56)28(2)45-29(3)53)39(54)47-33-5-4-12-50(25-33)24-30-10-11-42-36(21-30)40(55)46-32-8-6-31(7-9-32)35-22-34-37(48-35)43-26-44-38(34)51-17-19-57-20-18-51;3-2(4,5)1(6)7/h6-11,21-22,26,28,33H,1,4-5,12-20,23-25H2,2-3H3,(H,45,53)(H,46,55)(H,47,54)(H,43,44,48);(H,6,7)/t28-,33-;/m1./s1. The van der Waals surface area contributed by atoms with Crippen LogP contribution in [0, 0.1) is 0 Å². The normalized spacial score (nSPS) is 17.7. The van der Waals surface area contributed by atoms with Gasteiger partial charge in [0, 0.05) is 95.0 Å². The summed E-state index contributed by atoms with van der Waals surface area (Å²) in [5.74, 6) is -2.66. The van der Waals surface area contributed by atoms with Crippen molar-refractivity contribution in [3.05, 3.63) is 78.4 Å². The fourth-order valence-corrected chi connectivity index (χ4v) is 7.71. The third-order valence-electron chi connectivity index (χ3n) is 10.9. The number of nitrogens with zero attached hydrogens (tertiary/aromatic N) is 7. The minimum Gasteiger partial charge on any atom is -0.475 e. The zero-order valence-corrected chi connectivity index (χ0v) is 35.6. The highest BCUT2D eigenvalue weighted by Gasteiger charge is 2.38. The number of hydrogen-bond acceptors (Lipinski definition) is 12. The van der Waals surface area contributed by atoms with E-state index < -0.39 is 18.2 Å². The van der Waals surface area contributed by atoms with E-state index in [1.807, 2.05) is 36.4 Å². The van der Waals surface area contributed by atoms with Gasteiger partial charge in [-0.15, -0.1) is 0 Å². The number of fused-ring (bicyclic) bond motifs is 1. The second-order valence-electron chi connectivity index (χ2n) is 15.8. The van der Waals surface area contributed by atoms with Crippen LogP contribution < -0.4 is 20.9 Å². The van der Waals surface area contributed by atoms with Crippen LogP contribution in [0.1, 0.15) is 42.7 Å². The molecule has 0 radical (unpaired) electrons. The van der Waals surface area contributed by atoms with Gasteiger partial charge in [0.2, 0.25) is 17.7 Å². The largest absolute Gasteiger partial charge is 0.490 e. The highest BCUT2D eigenvalue weighted by molar-refractivity contribution is 6.03. The molecule has 21 heteroatoms. The quantitative estimate of drug-likeness (QED) is 0.130. The maximum Gasteiger partial charge on any atom is 0.490 e. The molecule has 3 aromatic heterocycles. The van der Waals surface area contributed by atoms with Crippen LogP contribution in [0.5, 0.6) is 0 Å². The van der Waals surface area contributed by atoms with Gasteiger partial charge in [-0.05, 0) is 67.8 Å². The molecule has 18 nitrogen and oxygen atoms in total. The zero-order valence-electron chi connectivity index (χ0n) is 35.6. The number of benzene rings is 1. The van der Waals surface area contributed by atoms with Crippen LogP contribution in [0.3, 0.4) is 0 Å². The number of pyridine rings is 1. The Morgan fingerprint density at radius 1 is 0.953 bits per heavy atom. The van der Waals surface area contributed by atoms with Gasteiger partial charge in [0.05, 0.1) is 18.6 Å². The Morgan fingerprint density at radius 2 is 1.66 bits per heavy atom. The highest BCUT2D eigenvalue weighted by Crippen LogP contribution is 2.30. The van der Waals surface area contributed by atoms with Crippen LogP contribution in [0.2, 0.25) is 0 Å². The minimum atomic E-state index is -5.08. The van der Waals surface area contributed by atoms with Crippen molar-refractivity contribution < 1.29 is 47.0 Å². The molecule has 3 aliphatic rings. The molecule has 64 heavy (non-hydrogen) atoms. The highest BCUT2D eigenvalue weighted by atomic mass is 19.4. The number of ether oxygens (including phenoxy) is 1. The van der Waals surface area contributed by atoms with Gasteiger partial charge in [0.1, 0.15) is 29.5 Å². The Hall–Kier alpha value is -6.45. The molecule has 1 aromatic carbocycles. The number of H-pyrrole nitrogens is 1. The molecule has 0 bridgehead atoms. The number of halogens is 3.